The Hall–Kier alpha value is -1.20. The van der Waals surface area contributed by atoms with Crippen molar-refractivity contribution in [2.75, 3.05) is 25.0 Å². The summed E-state index contributed by atoms with van der Waals surface area (Å²) < 4.78 is 0. The first-order valence-electron chi connectivity index (χ1n) is 8.30. The Morgan fingerprint density at radius 1 is 1.32 bits per heavy atom. The van der Waals surface area contributed by atoms with Crippen molar-refractivity contribution in [3.05, 3.63) is 17.3 Å². The van der Waals surface area contributed by atoms with Crippen LogP contribution in [0.5, 0.6) is 0 Å². The van der Waals surface area contributed by atoms with Crippen LogP contribution in [0.1, 0.15) is 38.5 Å². The molecule has 3 rings (SSSR count). The molecular weight excluding hydrogens is 292 g/mol. The minimum atomic E-state index is 0.582. The van der Waals surface area contributed by atoms with Crippen LogP contribution in [0.3, 0.4) is 0 Å². The SMILES string of the molecule is CCc1cc2c(N(C)C3CCN(C(C)C)CC3)ncnc2s1. The highest BCUT2D eigenvalue weighted by Gasteiger charge is 2.25. The smallest absolute Gasteiger partial charge is 0.140 e. The molecule has 3 heterocycles. The standard InChI is InChI=1S/C17H26N4S/c1-5-14-10-15-16(18-11-19-17(15)22-14)20(4)13-6-8-21(9-7-13)12(2)3/h10-13H,5-9H2,1-4H3. The van der Waals surface area contributed by atoms with Gasteiger partial charge < -0.3 is 9.80 Å². The van der Waals surface area contributed by atoms with Crippen LogP contribution in [0.4, 0.5) is 5.82 Å². The molecule has 5 heteroatoms. The summed E-state index contributed by atoms with van der Waals surface area (Å²) in [7, 11) is 2.20. The summed E-state index contributed by atoms with van der Waals surface area (Å²) in [5, 5.41) is 1.22. The van der Waals surface area contributed by atoms with E-state index in [1.165, 1.54) is 36.2 Å². The predicted molar refractivity (Wildman–Crippen MR) is 94.9 cm³/mol. The van der Waals surface area contributed by atoms with Crippen molar-refractivity contribution in [3.8, 4) is 0 Å². The Morgan fingerprint density at radius 3 is 2.68 bits per heavy atom. The second-order valence-electron chi connectivity index (χ2n) is 6.45. The maximum atomic E-state index is 4.59. The Kier molecular flexibility index (Phi) is 4.64. The average Bonchev–Trinajstić information content (AvgIpc) is 2.97. The molecule has 0 saturated carbocycles. The van der Waals surface area contributed by atoms with Crippen molar-refractivity contribution in [3.63, 3.8) is 0 Å². The van der Waals surface area contributed by atoms with Gasteiger partial charge in [-0.15, -0.1) is 11.3 Å². The molecule has 1 fully saturated rings. The third-order valence-electron chi connectivity index (χ3n) is 4.82. The number of likely N-dealkylation sites (tertiary alicyclic amines) is 1. The first-order valence-corrected chi connectivity index (χ1v) is 9.12. The molecule has 120 valence electrons. The van der Waals surface area contributed by atoms with Crippen LogP contribution >= 0.6 is 11.3 Å². The molecule has 0 atom stereocenters. The fraction of sp³-hybridized carbons (Fsp3) is 0.647. The van der Waals surface area contributed by atoms with Crippen molar-refractivity contribution >= 4 is 27.4 Å². The number of aryl methyl sites for hydroxylation is 1. The lowest BCUT2D eigenvalue weighted by Gasteiger charge is -2.39. The summed E-state index contributed by atoms with van der Waals surface area (Å²) in [6.45, 7) is 9.14. The van der Waals surface area contributed by atoms with Gasteiger partial charge in [-0.2, -0.15) is 0 Å². The van der Waals surface area contributed by atoms with Crippen LogP contribution in [0, 0.1) is 0 Å². The number of fused-ring (bicyclic) bond motifs is 1. The molecule has 1 saturated heterocycles. The molecule has 0 amide bonds. The minimum absolute atomic E-state index is 0.582. The summed E-state index contributed by atoms with van der Waals surface area (Å²) in [6.07, 6.45) is 5.21. The van der Waals surface area contributed by atoms with Gasteiger partial charge in [0.05, 0.1) is 5.39 Å². The zero-order valence-electron chi connectivity index (χ0n) is 14.0. The Morgan fingerprint density at radius 2 is 2.05 bits per heavy atom. The normalized spacial score (nSPS) is 17.5. The van der Waals surface area contributed by atoms with Crippen molar-refractivity contribution < 1.29 is 0 Å². The molecule has 1 aliphatic heterocycles. The molecule has 1 aliphatic rings. The van der Waals surface area contributed by atoms with Crippen LogP contribution in [0.15, 0.2) is 12.4 Å². The number of hydrogen-bond donors (Lipinski definition) is 0. The van der Waals surface area contributed by atoms with E-state index in [0.29, 0.717) is 12.1 Å². The molecule has 0 N–H and O–H groups in total. The fourth-order valence-corrected chi connectivity index (χ4v) is 4.24. The zero-order valence-corrected chi connectivity index (χ0v) is 14.9. The topological polar surface area (TPSA) is 32.3 Å². The molecule has 22 heavy (non-hydrogen) atoms. The van der Waals surface area contributed by atoms with Crippen molar-refractivity contribution in [1.82, 2.24) is 14.9 Å². The lowest BCUT2D eigenvalue weighted by molar-refractivity contribution is 0.171. The van der Waals surface area contributed by atoms with Crippen LogP contribution in [0.25, 0.3) is 10.2 Å². The highest BCUT2D eigenvalue weighted by molar-refractivity contribution is 7.18. The first-order chi connectivity index (χ1) is 10.6. The first kappa shape index (κ1) is 15.7. The van der Waals surface area contributed by atoms with E-state index in [9.17, 15) is 0 Å². The third kappa shape index (κ3) is 2.97. The molecule has 0 aliphatic carbocycles. The fourth-order valence-electron chi connectivity index (χ4n) is 3.31. The summed E-state index contributed by atoms with van der Waals surface area (Å²) in [5.41, 5.74) is 0. The van der Waals surface area contributed by atoms with E-state index in [0.717, 1.165) is 17.1 Å². The van der Waals surface area contributed by atoms with E-state index >= 15 is 0 Å². The van der Waals surface area contributed by atoms with Gasteiger partial charge in [0.2, 0.25) is 0 Å². The molecule has 4 nitrogen and oxygen atoms in total. The van der Waals surface area contributed by atoms with Gasteiger partial charge in [0.1, 0.15) is 17.0 Å². The van der Waals surface area contributed by atoms with Gasteiger partial charge in [0, 0.05) is 37.1 Å². The lowest BCUT2D eigenvalue weighted by atomic mass is 10.0. The lowest BCUT2D eigenvalue weighted by Crippen LogP contribution is -2.46. The highest BCUT2D eigenvalue weighted by atomic mass is 32.1. The second kappa shape index (κ2) is 6.50. The van der Waals surface area contributed by atoms with Crippen LogP contribution < -0.4 is 4.90 Å². The Bertz CT molecular complexity index is 629. The quantitative estimate of drug-likeness (QED) is 0.863. The van der Waals surface area contributed by atoms with Crippen molar-refractivity contribution in [1.29, 1.82) is 0 Å². The maximum absolute atomic E-state index is 4.59. The summed E-state index contributed by atoms with van der Waals surface area (Å²) >= 11 is 1.79. The molecule has 2 aromatic heterocycles. The second-order valence-corrected chi connectivity index (χ2v) is 7.57. The minimum Gasteiger partial charge on any atom is -0.356 e. The van der Waals surface area contributed by atoms with E-state index in [2.05, 4.69) is 53.7 Å². The summed E-state index contributed by atoms with van der Waals surface area (Å²) in [6, 6.07) is 3.51. The zero-order chi connectivity index (χ0) is 15.7. The number of anilines is 1. The van der Waals surface area contributed by atoms with E-state index in [-0.39, 0.29) is 0 Å². The average molecular weight is 318 g/mol. The van der Waals surface area contributed by atoms with Crippen LogP contribution in [-0.4, -0.2) is 47.1 Å². The monoisotopic (exact) mass is 318 g/mol. The number of aromatic nitrogens is 2. The molecular formula is C17H26N4S. The van der Waals surface area contributed by atoms with Crippen LogP contribution in [-0.2, 0) is 6.42 Å². The van der Waals surface area contributed by atoms with Gasteiger partial charge in [0.25, 0.3) is 0 Å². The van der Waals surface area contributed by atoms with Crippen molar-refractivity contribution in [2.24, 2.45) is 0 Å². The van der Waals surface area contributed by atoms with E-state index in [1.807, 2.05) is 0 Å². The third-order valence-corrected chi connectivity index (χ3v) is 6.01. The van der Waals surface area contributed by atoms with Crippen molar-refractivity contribution in [2.45, 2.75) is 52.1 Å². The molecule has 0 spiro atoms. The van der Waals surface area contributed by atoms with Gasteiger partial charge >= 0.3 is 0 Å². The van der Waals surface area contributed by atoms with Crippen LogP contribution in [0.2, 0.25) is 0 Å². The molecule has 0 radical (unpaired) electrons. The predicted octanol–water partition coefficient (Wildman–Crippen LogP) is 3.56. The van der Waals surface area contributed by atoms with Gasteiger partial charge in [-0.1, -0.05) is 6.92 Å². The number of rotatable bonds is 4. The number of hydrogen-bond acceptors (Lipinski definition) is 5. The Labute approximate surface area is 137 Å². The number of piperidine rings is 1. The molecule has 0 aromatic carbocycles. The van der Waals surface area contributed by atoms with E-state index < -0.39 is 0 Å². The van der Waals surface area contributed by atoms with Gasteiger partial charge in [-0.3, -0.25) is 0 Å². The molecule has 0 bridgehead atoms. The molecule has 0 unspecified atom stereocenters. The van der Waals surface area contributed by atoms with E-state index in [4.69, 9.17) is 0 Å². The largest absolute Gasteiger partial charge is 0.356 e. The number of thiophene rings is 1. The molecule has 2 aromatic rings. The highest BCUT2D eigenvalue weighted by Crippen LogP contribution is 2.32. The summed E-state index contributed by atoms with van der Waals surface area (Å²) in [5.74, 6) is 1.10. The maximum Gasteiger partial charge on any atom is 0.140 e. The van der Waals surface area contributed by atoms with E-state index in [1.54, 1.807) is 17.7 Å². The Balaban J connectivity index is 1.80. The summed E-state index contributed by atoms with van der Waals surface area (Å²) in [4.78, 5) is 16.5. The van der Waals surface area contributed by atoms with Gasteiger partial charge in [-0.25, -0.2) is 9.97 Å². The van der Waals surface area contributed by atoms with Gasteiger partial charge in [-0.05, 0) is 39.2 Å². The van der Waals surface area contributed by atoms with Gasteiger partial charge in [0.15, 0.2) is 0 Å². The number of nitrogens with zero attached hydrogens (tertiary/aromatic N) is 4.